The van der Waals surface area contributed by atoms with Crippen LogP contribution in [-0.2, 0) is 19.4 Å². The van der Waals surface area contributed by atoms with Gasteiger partial charge in [0.05, 0.1) is 0 Å². The summed E-state index contributed by atoms with van der Waals surface area (Å²) in [4.78, 5) is 32.3. The van der Waals surface area contributed by atoms with Gasteiger partial charge in [0.2, 0.25) is 0 Å². The molecular formula is C13H22O4. The molecule has 1 heterocycles. The molecule has 0 saturated carbocycles. The molecule has 0 aliphatic carbocycles. The number of unbranched alkanes of at least 4 members (excludes halogenated alkanes) is 4. The Labute approximate surface area is 103 Å². The van der Waals surface area contributed by atoms with Crippen molar-refractivity contribution in [3.05, 3.63) is 0 Å². The van der Waals surface area contributed by atoms with Crippen molar-refractivity contribution in [3.63, 3.8) is 0 Å². The molecule has 4 heteroatoms. The lowest BCUT2D eigenvalue weighted by Gasteiger charge is -2.19. The van der Waals surface area contributed by atoms with E-state index in [1.54, 1.807) is 0 Å². The lowest BCUT2D eigenvalue weighted by atomic mass is 9.78. The highest BCUT2D eigenvalue weighted by Crippen LogP contribution is 2.38. The summed E-state index contributed by atoms with van der Waals surface area (Å²) in [6, 6.07) is 0. The van der Waals surface area contributed by atoms with Gasteiger partial charge in [0, 0.05) is 0 Å². The second-order valence-electron chi connectivity index (χ2n) is 4.74. The van der Waals surface area contributed by atoms with Crippen LogP contribution < -0.4 is 0 Å². The van der Waals surface area contributed by atoms with Crippen molar-refractivity contribution in [2.75, 3.05) is 0 Å². The highest BCUT2D eigenvalue weighted by molar-refractivity contribution is 6.02. The van der Waals surface area contributed by atoms with Crippen LogP contribution in [0.4, 0.5) is 0 Å². The molecule has 1 aliphatic heterocycles. The van der Waals surface area contributed by atoms with Crippen LogP contribution in [0.2, 0.25) is 0 Å². The molecule has 0 aromatic carbocycles. The van der Waals surface area contributed by atoms with Crippen molar-refractivity contribution in [3.8, 4) is 0 Å². The van der Waals surface area contributed by atoms with Gasteiger partial charge in [-0.3, -0.25) is 0 Å². The van der Waals surface area contributed by atoms with Gasteiger partial charge in [-0.05, 0) is 12.8 Å². The van der Waals surface area contributed by atoms with Gasteiger partial charge in [-0.2, -0.15) is 0 Å². The van der Waals surface area contributed by atoms with Gasteiger partial charge in [-0.25, -0.2) is 19.4 Å². The van der Waals surface area contributed by atoms with Gasteiger partial charge >= 0.3 is 11.9 Å². The summed E-state index contributed by atoms with van der Waals surface area (Å²) in [6.45, 7) is 4.17. The lowest BCUT2D eigenvalue weighted by Crippen LogP contribution is -2.33. The topological polar surface area (TPSA) is 52.6 Å². The fourth-order valence-electron chi connectivity index (χ4n) is 2.18. The molecular weight excluding hydrogens is 220 g/mol. The Morgan fingerprint density at radius 1 is 0.824 bits per heavy atom. The van der Waals surface area contributed by atoms with E-state index >= 15 is 0 Å². The molecule has 98 valence electrons. The largest absolute Gasteiger partial charge is 0.372 e. The second kappa shape index (κ2) is 6.62. The molecule has 0 radical (unpaired) electrons. The summed E-state index contributed by atoms with van der Waals surface area (Å²) in [5, 5.41) is 0. The molecule has 1 rings (SSSR count). The smallest absolute Gasteiger partial charge is 0.246 e. The van der Waals surface area contributed by atoms with E-state index in [-0.39, 0.29) is 0 Å². The number of rotatable bonds is 8. The molecule has 0 aromatic rings. The molecule has 17 heavy (non-hydrogen) atoms. The quantitative estimate of drug-likeness (QED) is 0.373. The molecule has 4 nitrogen and oxygen atoms in total. The van der Waals surface area contributed by atoms with E-state index in [0.29, 0.717) is 12.8 Å². The number of hydrogen-bond acceptors (Lipinski definition) is 4. The predicted octanol–water partition coefficient (Wildman–Crippen LogP) is 3.15. The zero-order valence-corrected chi connectivity index (χ0v) is 10.8. The van der Waals surface area contributed by atoms with Crippen LogP contribution in [-0.4, -0.2) is 11.9 Å². The third-order valence-corrected chi connectivity index (χ3v) is 3.39. The first-order chi connectivity index (χ1) is 8.17. The lowest BCUT2D eigenvalue weighted by molar-refractivity contribution is -0.235. The first-order valence-electron chi connectivity index (χ1n) is 6.60. The van der Waals surface area contributed by atoms with E-state index in [1.165, 1.54) is 0 Å². The minimum absolute atomic E-state index is 0.493. The normalized spacial score (nSPS) is 18.0. The van der Waals surface area contributed by atoms with Gasteiger partial charge in [-0.15, -0.1) is 0 Å². The predicted molar refractivity (Wildman–Crippen MR) is 62.9 cm³/mol. The highest BCUT2D eigenvalue weighted by atomic mass is 17.2. The van der Waals surface area contributed by atoms with Crippen molar-refractivity contribution in [2.45, 2.75) is 65.2 Å². The van der Waals surface area contributed by atoms with E-state index in [0.717, 1.165) is 38.5 Å². The molecule has 0 aromatic heterocycles. The zero-order valence-electron chi connectivity index (χ0n) is 10.8. The molecule has 1 saturated heterocycles. The molecule has 0 atom stereocenters. The van der Waals surface area contributed by atoms with E-state index < -0.39 is 17.4 Å². The van der Waals surface area contributed by atoms with Crippen LogP contribution in [0.1, 0.15) is 65.2 Å². The third-order valence-electron chi connectivity index (χ3n) is 3.39. The maximum atomic E-state index is 11.7. The van der Waals surface area contributed by atoms with Crippen LogP contribution >= 0.6 is 0 Å². The maximum absolute atomic E-state index is 11.7. The number of hydrogen-bond donors (Lipinski definition) is 0. The van der Waals surface area contributed by atoms with Crippen molar-refractivity contribution in [2.24, 2.45) is 5.41 Å². The Morgan fingerprint density at radius 3 is 1.88 bits per heavy atom. The van der Waals surface area contributed by atoms with Crippen LogP contribution in [0.5, 0.6) is 0 Å². The number of carbonyl (C=O) groups excluding carboxylic acids is 2. The summed E-state index contributed by atoms with van der Waals surface area (Å²) in [5.41, 5.74) is -1.01. The Morgan fingerprint density at radius 2 is 1.35 bits per heavy atom. The minimum Gasteiger partial charge on any atom is -0.246 e. The Balaban J connectivity index is 2.58. The van der Waals surface area contributed by atoms with Gasteiger partial charge < -0.3 is 0 Å². The molecule has 0 amide bonds. The van der Waals surface area contributed by atoms with Crippen molar-refractivity contribution in [1.82, 2.24) is 0 Å². The fourth-order valence-corrected chi connectivity index (χ4v) is 2.18. The van der Waals surface area contributed by atoms with Crippen LogP contribution in [0.3, 0.4) is 0 Å². The average molecular weight is 242 g/mol. The van der Waals surface area contributed by atoms with Crippen molar-refractivity contribution >= 4 is 11.9 Å². The van der Waals surface area contributed by atoms with Crippen LogP contribution in [0.25, 0.3) is 0 Å². The monoisotopic (exact) mass is 242 g/mol. The number of carbonyl (C=O) groups is 2. The maximum Gasteiger partial charge on any atom is 0.372 e. The van der Waals surface area contributed by atoms with Gasteiger partial charge in [0.25, 0.3) is 0 Å². The first-order valence-corrected chi connectivity index (χ1v) is 6.60. The summed E-state index contributed by atoms with van der Waals surface area (Å²) in [5.74, 6) is -0.986. The average Bonchev–Trinajstić information content (AvgIpc) is 2.60. The van der Waals surface area contributed by atoms with Crippen molar-refractivity contribution in [1.29, 1.82) is 0 Å². The van der Waals surface area contributed by atoms with Gasteiger partial charge in [0.1, 0.15) is 0 Å². The Hall–Kier alpha value is -1.06. The van der Waals surface area contributed by atoms with Gasteiger partial charge in [-0.1, -0.05) is 52.4 Å². The summed E-state index contributed by atoms with van der Waals surface area (Å²) in [6.07, 6.45) is 7.10. The molecule has 0 unspecified atom stereocenters. The van der Waals surface area contributed by atoms with E-state index in [2.05, 4.69) is 16.7 Å². The third kappa shape index (κ3) is 3.20. The molecule has 1 aliphatic rings. The summed E-state index contributed by atoms with van der Waals surface area (Å²) >= 11 is 0. The second-order valence-corrected chi connectivity index (χ2v) is 4.74. The van der Waals surface area contributed by atoms with Crippen molar-refractivity contribution < 1.29 is 19.4 Å². The SMILES string of the molecule is CCCCCCC1(CCCC)C(=O)OOC1=O. The standard InChI is InChI=1S/C13H22O4/c1-3-5-7-8-10-13(9-6-4-2)11(14)16-17-12(13)15/h3-10H2,1-2H3. The van der Waals surface area contributed by atoms with Crippen LogP contribution in [0.15, 0.2) is 0 Å². The minimum atomic E-state index is -1.01. The summed E-state index contributed by atoms with van der Waals surface area (Å²) in [7, 11) is 0. The van der Waals surface area contributed by atoms with Gasteiger partial charge in [0.15, 0.2) is 5.41 Å². The molecule has 0 spiro atoms. The van der Waals surface area contributed by atoms with Crippen LogP contribution in [0, 0.1) is 5.41 Å². The highest BCUT2D eigenvalue weighted by Gasteiger charge is 2.54. The first kappa shape index (κ1) is 14.0. The Bertz CT molecular complexity index is 257. The fraction of sp³-hybridized carbons (Fsp3) is 0.846. The van der Waals surface area contributed by atoms with E-state index in [1.807, 2.05) is 6.92 Å². The molecule has 1 fully saturated rings. The van der Waals surface area contributed by atoms with E-state index in [4.69, 9.17) is 0 Å². The Kier molecular flexibility index (Phi) is 5.45. The van der Waals surface area contributed by atoms with E-state index in [9.17, 15) is 9.59 Å². The zero-order chi connectivity index (χ0) is 12.7. The summed E-state index contributed by atoms with van der Waals surface area (Å²) < 4.78 is 0. The molecule has 0 N–H and O–H groups in total. The molecule has 0 bridgehead atoms.